The van der Waals surface area contributed by atoms with E-state index in [0.717, 1.165) is 18.8 Å². The SMILES string of the molecule is CCNC(C)Cc1nnc2ncccn12. The van der Waals surface area contributed by atoms with Crippen molar-refractivity contribution < 1.29 is 0 Å². The van der Waals surface area contributed by atoms with Crippen molar-refractivity contribution in [3.63, 3.8) is 0 Å². The molecule has 1 atom stereocenters. The number of aromatic nitrogens is 4. The quantitative estimate of drug-likeness (QED) is 0.797. The molecule has 0 fully saturated rings. The van der Waals surface area contributed by atoms with E-state index in [0.29, 0.717) is 11.8 Å². The topological polar surface area (TPSA) is 55.1 Å². The predicted octanol–water partition coefficient (Wildman–Crippen LogP) is 0.665. The standard InChI is InChI=1S/C10H15N5/c1-3-11-8(2)7-9-13-14-10-12-5-4-6-15(9)10/h4-6,8,11H,3,7H2,1-2H3. The summed E-state index contributed by atoms with van der Waals surface area (Å²) in [5, 5.41) is 11.5. The Balaban J connectivity index is 2.21. The molecule has 2 rings (SSSR count). The van der Waals surface area contributed by atoms with Crippen LogP contribution in [0.3, 0.4) is 0 Å². The van der Waals surface area contributed by atoms with Gasteiger partial charge in [0, 0.05) is 24.9 Å². The van der Waals surface area contributed by atoms with Crippen molar-refractivity contribution in [2.24, 2.45) is 0 Å². The van der Waals surface area contributed by atoms with Crippen molar-refractivity contribution in [2.75, 3.05) is 6.54 Å². The first-order chi connectivity index (χ1) is 7.31. The normalized spacial score (nSPS) is 13.2. The second kappa shape index (κ2) is 4.35. The molecule has 0 bridgehead atoms. The van der Waals surface area contributed by atoms with Gasteiger partial charge in [-0.15, -0.1) is 10.2 Å². The lowest BCUT2D eigenvalue weighted by Crippen LogP contribution is -2.28. The maximum Gasteiger partial charge on any atom is 0.254 e. The van der Waals surface area contributed by atoms with Gasteiger partial charge in [0.05, 0.1) is 0 Å². The van der Waals surface area contributed by atoms with E-state index in [2.05, 4.69) is 34.3 Å². The minimum Gasteiger partial charge on any atom is -0.314 e. The largest absolute Gasteiger partial charge is 0.314 e. The van der Waals surface area contributed by atoms with Crippen molar-refractivity contribution in [3.05, 3.63) is 24.3 Å². The maximum absolute atomic E-state index is 4.13. The van der Waals surface area contributed by atoms with Crippen LogP contribution in [-0.4, -0.2) is 32.2 Å². The fourth-order valence-corrected chi connectivity index (χ4v) is 1.62. The number of likely N-dealkylation sites (N-methyl/N-ethyl adjacent to an activating group) is 1. The van der Waals surface area contributed by atoms with Crippen LogP contribution in [0, 0.1) is 0 Å². The number of fused-ring (bicyclic) bond motifs is 1. The minimum absolute atomic E-state index is 0.405. The number of hydrogen-bond donors (Lipinski definition) is 1. The molecular weight excluding hydrogens is 190 g/mol. The van der Waals surface area contributed by atoms with E-state index in [-0.39, 0.29) is 0 Å². The molecule has 15 heavy (non-hydrogen) atoms. The molecule has 0 saturated carbocycles. The monoisotopic (exact) mass is 205 g/mol. The molecule has 80 valence electrons. The molecule has 1 N–H and O–H groups in total. The van der Waals surface area contributed by atoms with Gasteiger partial charge in [-0.1, -0.05) is 6.92 Å². The van der Waals surface area contributed by atoms with Gasteiger partial charge in [-0.3, -0.25) is 4.40 Å². The van der Waals surface area contributed by atoms with Crippen molar-refractivity contribution in [2.45, 2.75) is 26.3 Å². The highest BCUT2D eigenvalue weighted by atomic mass is 15.3. The van der Waals surface area contributed by atoms with Crippen LogP contribution in [0.5, 0.6) is 0 Å². The molecule has 0 spiro atoms. The molecule has 0 amide bonds. The zero-order chi connectivity index (χ0) is 10.7. The van der Waals surface area contributed by atoms with Gasteiger partial charge in [-0.2, -0.15) is 0 Å². The Bertz CT molecular complexity index is 436. The number of nitrogens with zero attached hydrogens (tertiary/aromatic N) is 4. The van der Waals surface area contributed by atoms with E-state index >= 15 is 0 Å². The Hall–Kier alpha value is -1.49. The summed E-state index contributed by atoms with van der Waals surface area (Å²) in [6.45, 7) is 5.21. The fraction of sp³-hybridized carbons (Fsp3) is 0.500. The summed E-state index contributed by atoms with van der Waals surface area (Å²) >= 11 is 0. The summed E-state index contributed by atoms with van der Waals surface area (Å²) in [4.78, 5) is 4.12. The lowest BCUT2D eigenvalue weighted by atomic mass is 10.2. The molecule has 0 aliphatic heterocycles. The molecule has 5 heteroatoms. The van der Waals surface area contributed by atoms with Crippen LogP contribution >= 0.6 is 0 Å². The molecule has 1 unspecified atom stereocenters. The molecule has 0 saturated heterocycles. The molecule has 5 nitrogen and oxygen atoms in total. The van der Waals surface area contributed by atoms with Gasteiger partial charge in [0.25, 0.3) is 5.78 Å². The Labute approximate surface area is 88.6 Å². The van der Waals surface area contributed by atoms with Crippen molar-refractivity contribution >= 4 is 5.78 Å². The Morgan fingerprint density at radius 2 is 2.33 bits per heavy atom. The van der Waals surface area contributed by atoms with E-state index in [1.165, 1.54) is 0 Å². The van der Waals surface area contributed by atoms with Crippen LogP contribution in [0.15, 0.2) is 18.5 Å². The Kier molecular flexibility index (Phi) is 2.91. The van der Waals surface area contributed by atoms with Crippen LogP contribution in [-0.2, 0) is 6.42 Å². The first kappa shape index (κ1) is 10.0. The summed E-state index contributed by atoms with van der Waals surface area (Å²) < 4.78 is 1.92. The average Bonchev–Trinajstić information content (AvgIpc) is 2.62. The predicted molar refractivity (Wildman–Crippen MR) is 57.6 cm³/mol. The first-order valence-corrected chi connectivity index (χ1v) is 5.19. The summed E-state index contributed by atoms with van der Waals surface area (Å²) in [5.41, 5.74) is 0. The van der Waals surface area contributed by atoms with Gasteiger partial charge in [-0.25, -0.2) is 4.98 Å². The third-order valence-corrected chi connectivity index (χ3v) is 2.30. The zero-order valence-corrected chi connectivity index (χ0v) is 9.01. The van der Waals surface area contributed by atoms with Gasteiger partial charge in [0.15, 0.2) is 0 Å². The highest BCUT2D eigenvalue weighted by molar-refractivity contribution is 5.26. The molecule has 0 aromatic carbocycles. The fourth-order valence-electron chi connectivity index (χ4n) is 1.62. The molecule has 0 aliphatic rings. The van der Waals surface area contributed by atoms with Crippen LogP contribution in [0.25, 0.3) is 5.78 Å². The van der Waals surface area contributed by atoms with E-state index in [4.69, 9.17) is 0 Å². The third kappa shape index (κ3) is 2.12. The second-order valence-corrected chi connectivity index (χ2v) is 3.57. The number of rotatable bonds is 4. The molecule has 2 heterocycles. The van der Waals surface area contributed by atoms with Crippen LogP contribution in [0.2, 0.25) is 0 Å². The minimum atomic E-state index is 0.405. The van der Waals surface area contributed by atoms with Gasteiger partial charge >= 0.3 is 0 Å². The van der Waals surface area contributed by atoms with Crippen LogP contribution in [0.1, 0.15) is 19.7 Å². The van der Waals surface area contributed by atoms with E-state index < -0.39 is 0 Å². The van der Waals surface area contributed by atoms with E-state index in [9.17, 15) is 0 Å². The van der Waals surface area contributed by atoms with Gasteiger partial charge in [-0.05, 0) is 19.5 Å². The van der Waals surface area contributed by atoms with E-state index in [1.54, 1.807) is 6.20 Å². The molecular formula is C10H15N5. The number of hydrogen-bond acceptors (Lipinski definition) is 4. The summed E-state index contributed by atoms with van der Waals surface area (Å²) in [5.74, 6) is 1.61. The lowest BCUT2D eigenvalue weighted by Gasteiger charge is -2.09. The average molecular weight is 205 g/mol. The van der Waals surface area contributed by atoms with Crippen molar-refractivity contribution in [3.8, 4) is 0 Å². The summed E-state index contributed by atoms with van der Waals surface area (Å²) in [6, 6.07) is 2.29. The third-order valence-electron chi connectivity index (χ3n) is 2.30. The zero-order valence-electron chi connectivity index (χ0n) is 9.01. The molecule has 2 aromatic rings. The van der Waals surface area contributed by atoms with Crippen LogP contribution in [0.4, 0.5) is 0 Å². The highest BCUT2D eigenvalue weighted by Gasteiger charge is 2.08. The molecule has 2 aromatic heterocycles. The second-order valence-electron chi connectivity index (χ2n) is 3.57. The van der Waals surface area contributed by atoms with Crippen LogP contribution < -0.4 is 5.32 Å². The first-order valence-electron chi connectivity index (χ1n) is 5.19. The Morgan fingerprint density at radius 3 is 3.13 bits per heavy atom. The Morgan fingerprint density at radius 1 is 1.47 bits per heavy atom. The van der Waals surface area contributed by atoms with Gasteiger partial charge < -0.3 is 5.32 Å². The van der Waals surface area contributed by atoms with Gasteiger partial charge in [0.2, 0.25) is 0 Å². The van der Waals surface area contributed by atoms with E-state index in [1.807, 2.05) is 16.7 Å². The maximum atomic E-state index is 4.13. The molecule has 0 aliphatic carbocycles. The lowest BCUT2D eigenvalue weighted by molar-refractivity contribution is 0.550. The summed E-state index contributed by atoms with van der Waals surface area (Å²) in [7, 11) is 0. The smallest absolute Gasteiger partial charge is 0.254 e. The number of nitrogens with one attached hydrogen (secondary N) is 1. The van der Waals surface area contributed by atoms with Crippen molar-refractivity contribution in [1.82, 2.24) is 24.9 Å². The molecule has 0 radical (unpaired) electrons. The highest BCUT2D eigenvalue weighted by Crippen LogP contribution is 2.02. The summed E-state index contributed by atoms with van der Waals surface area (Å²) in [6.07, 6.45) is 4.53. The van der Waals surface area contributed by atoms with Crippen molar-refractivity contribution in [1.29, 1.82) is 0 Å². The van der Waals surface area contributed by atoms with Gasteiger partial charge in [0.1, 0.15) is 5.82 Å².